The minimum Gasteiger partial charge on any atom is -0.0686 e. The molecule has 0 spiro atoms. The second-order valence-corrected chi connectivity index (χ2v) is 8.54. The van der Waals surface area contributed by atoms with Crippen LogP contribution in [0, 0.1) is 0 Å². The average Bonchev–Trinajstić information content (AvgIpc) is 2.62. The molecule has 4 heteroatoms. The molecule has 1 aliphatic rings. The van der Waals surface area contributed by atoms with Crippen LogP contribution in [0.25, 0.3) is 0 Å². The summed E-state index contributed by atoms with van der Waals surface area (Å²) in [6.07, 6.45) is 0. The lowest BCUT2D eigenvalue weighted by Crippen LogP contribution is -1.83. The van der Waals surface area contributed by atoms with E-state index < -0.39 is 0 Å². The molecule has 0 unspecified atom stereocenters. The van der Waals surface area contributed by atoms with E-state index in [2.05, 4.69) is 54.6 Å². The van der Waals surface area contributed by atoms with Crippen molar-refractivity contribution in [3.8, 4) is 0 Å². The lowest BCUT2D eigenvalue weighted by molar-refractivity contribution is 1.27. The first-order valence-corrected chi connectivity index (χ1v) is 9.67. The van der Waals surface area contributed by atoms with Crippen molar-refractivity contribution in [1.82, 2.24) is 0 Å². The van der Waals surface area contributed by atoms with Crippen LogP contribution in [0.15, 0.2) is 64.4 Å². The Labute approximate surface area is 117 Å². The summed E-state index contributed by atoms with van der Waals surface area (Å²) < 4.78 is 0.499. The van der Waals surface area contributed by atoms with E-state index >= 15 is 0 Å². The van der Waals surface area contributed by atoms with E-state index in [1.54, 1.807) is 0 Å². The van der Waals surface area contributed by atoms with Gasteiger partial charge in [0.15, 0.2) is 0 Å². The maximum Gasteiger partial charge on any atom is 0.0965 e. The van der Waals surface area contributed by atoms with Gasteiger partial charge in [0, 0.05) is 9.79 Å². The first-order valence-electron chi connectivity index (χ1n) is 5.24. The lowest BCUT2D eigenvalue weighted by Gasteiger charge is -2.10. The minimum atomic E-state index is 0.499. The molecule has 86 valence electrons. The van der Waals surface area contributed by atoms with Crippen LogP contribution >= 0.6 is 43.2 Å². The van der Waals surface area contributed by atoms with Crippen molar-refractivity contribution in [2.24, 2.45) is 0 Å². The van der Waals surface area contributed by atoms with Crippen LogP contribution in [0.2, 0.25) is 0 Å². The Morgan fingerprint density at radius 2 is 1.18 bits per heavy atom. The van der Waals surface area contributed by atoms with Gasteiger partial charge in [0.2, 0.25) is 0 Å². The Hall–Kier alpha value is -0.160. The van der Waals surface area contributed by atoms with Gasteiger partial charge in [-0.05, 0) is 17.7 Å². The van der Waals surface area contributed by atoms with Crippen LogP contribution in [0.3, 0.4) is 0 Å². The molecule has 2 aromatic rings. The zero-order chi connectivity index (χ0) is 11.5. The van der Waals surface area contributed by atoms with Crippen molar-refractivity contribution >= 4 is 43.2 Å². The van der Waals surface area contributed by atoms with Crippen molar-refractivity contribution in [2.75, 3.05) is 0 Å². The quantitative estimate of drug-likeness (QED) is 0.602. The fraction of sp³-hybridized carbons (Fsp3) is 0.0769. The Morgan fingerprint density at radius 3 is 1.76 bits per heavy atom. The smallest absolute Gasteiger partial charge is 0.0686 e. The van der Waals surface area contributed by atoms with Crippen molar-refractivity contribution < 1.29 is 0 Å². The van der Waals surface area contributed by atoms with Gasteiger partial charge in [0.25, 0.3) is 0 Å². The van der Waals surface area contributed by atoms with Gasteiger partial charge < -0.3 is 0 Å². The molecule has 0 radical (unpaired) electrons. The van der Waals surface area contributed by atoms with Crippen molar-refractivity contribution in [3.63, 3.8) is 0 Å². The second-order valence-electron chi connectivity index (χ2n) is 3.55. The highest BCUT2D eigenvalue weighted by Crippen LogP contribution is 2.59. The molecule has 0 amide bonds. The van der Waals surface area contributed by atoms with Gasteiger partial charge in [-0.25, -0.2) is 0 Å². The monoisotopic (exact) mass is 294 g/mol. The molecule has 1 aliphatic heterocycles. The van der Waals surface area contributed by atoms with Gasteiger partial charge in [-0.1, -0.05) is 85.6 Å². The molecule has 17 heavy (non-hydrogen) atoms. The van der Waals surface area contributed by atoms with Crippen molar-refractivity contribution in [2.45, 2.75) is 14.4 Å². The Bertz CT molecular complexity index is 471. The molecule has 0 fully saturated rings. The standard InChI is InChI=1S/C13H10S4/c1-2-6-10(7-3-1)13-16-14-11-8-4-5-9-12(11)15-17-13/h1-9,13H. The molecule has 0 aliphatic carbocycles. The highest BCUT2D eigenvalue weighted by molar-refractivity contribution is 8.86. The first-order chi connectivity index (χ1) is 8.43. The third kappa shape index (κ3) is 2.81. The molecule has 0 bridgehead atoms. The van der Waals surface area contributed by atoms with Crippen LogP contribution in [-0.4, -0.2) is 0 Å². The minimum absolute atomic E-state index is 0.499. The molecule has 0 saturated heterocycles. The summed E-state index contributed by atoms with van der Waals surface area (Å²) in [5.74, 6) is 0. The molecule has 0 nitrogen and oxygen atoms in total. The number of benzene rings is 2. The van der Waals surface area contributed by atoms with Crippen LogP contribution in [-0.2, 0) is 0 Å². The average molecular weight is 294 g/mol. The summed E-state index contributed by atoms with van der Waals surface area (Å²) in [6, 6.07) is 19.4. The van der Waals surface area contributed by atoms with E-state index in [-0.39, 0.29) is 0 Å². The molecular weight excluding hydrogens is 284 g/mol. The fourth-order valence-corrected chi connectivity index (χ4v) is 8.25. The van der Waals surface area contributed by atoms with Crippen LogP contribution in [0.4, 0.5) is 0 Å². The van der Waals surface area contributed by atoms with Gasteiger partial charge in [0.1, 0.15) is 0 Å². The van der Waals surface area contributed by atoms with E-state index in [0.29, 0.717) is 4.58 Å². The van der Waals surface area contributed by atoms with E-state index in [9.17, 15) is 0 Å². The molecule has 1 heterocycles. The van der Waals surface area contributed by atoms with E-state index in [4.69, 9.17) is 0 Å². The maximum absolute atomic E-state index is 2.21. The highest BCUT2D eigenvalue weighted by Gasteiger charge is 2.19. The number of rotatable bonds is 1. The first kappa shape index (κ1) is 11.9. The van der Waals surface area contributed by atoms with E-state index in [1.807, 2.05) is 43.2 Å². The van der Waals surface area contributed by atoms with Gasteiger partial charge in [0.05, 0.1) is 4.58 Å². The summed E-state index contributed by atoms with van der Waals surface area (Å²) in [6.45, 7) is 0. The lowest BCUT2D eigenvalue weighted by atomic mass is 10.2. The molecule has 2 aromatic carbocycles. The summed E-state index contributed by atoms with van der Waals surface area (Å²) >= 11 is 0. The number of hydrogen-bond acceptors (Lipinski definition) is 4. The van der Waals surface area contributed by atoms with Crippen molar-refractivity contribution in [3.05, 3.63) is 60.2 Å². The maximum atomic E-state index is 2.21. The third-order valence-electron chi connectivity index (χ3n) is 2.37. The highest BCUT2D eigenvalue weighted by atomic mass is 33.1. The van der Waals surface area contributed by atoms with Gasteiger partial charge in [-0.15, -0.1) is 0 Å². The molecule has 0 N–H and O–H groups in total. The predicted molar refractivity (Wildman–Crippen MR) is 82.5 cm³/mol. The summed E-state index contributed by atoms with van der Waals surface area (Å²) in [7, 11) is 7.65. The van der Waals surface area contributed by atoms with Gasteiger partial charge >= 0.3 is 0 Å². The zero-order valence-corrected chi connectivity index (χ0v) is 12.2. The predicted octanol–water partition coefficient (Wildman–Crippen LogP) is 5.88. The Balaban J connectivity index is 1.82. The molecule has 3 rings (SSSR count). The normalized spacial score (nSPS) is 16.2. The molecular formula is C13H10S4. The molecule has 0 aromatic heterocycles. The summed E-state index contributed by atoms with van der Waals surface area (Å²) in [5, 5.41) is 0. The van der Waals surface area contributed by atoms with Crippen LogP contribution in [0.1, 0.15) is 10.1 Å². The van der Waals surface area contributed by atoms with E-state index in [1.165, 1.54) is 15.4 Å². The van der Waals surface area contributed by atoms with Crippen LogP contribution < -0.4 is 0 Å². The summed E-state index contributed by atoms with van der Waals surface area (Å²) in [4.78, 5) is 2.77. The molecule has 0 atom stereocenters. The zero-order valence-electron chi connectivity index (χ0n) is 8.91. The largest absolute Gasteiger partial charge is 0.0965 e. The van der Waals surface area contributed by atoms with Gasteiger partial charge in [-0.2, -0.15) is 0 Å². The van der Waals surface area contributed by atoms with Crippen LogP contribution in [0.5, 0.6) is 0 Å². The van der Waals surface area contributed by atoms with E-state index in [0.717, 1.165) is 0 Å². The number of hydrogen-bond donors (Lipinski definition) is 0. The Kier molecular flexibility index (Phi) is 3.96. The third-order valence-corrected chi connectivity index (χ3v) is 8.78. The SMILES string of the molecule is c1ccc(C2SSc3ccccc3SS2)cc1. The summed E-state index contributed by atoms with van der Waals surface area (Å²) in [5.41, 5.74) is 1.40. The number of fused-ring (bicyclic) bond motifs is 1. The topological polar surface area (TPSA) is 0 Å². The van der Waals surface area contributed by atoms with Gasteiger partial charge in [-0.3, -0.25) is 0 Å². The fourth-order valence-electron chi connectivity index (χ4n) is 1.52. The van der Waals surface area contributed by atoms with Crippen molar-refractivity contribution in [1.29, 1.82) is 0 Å². The Morgan fingerprint density at radius 1 is 0.647 bits per heavy atom. The second kappa shape index (κ2) is 5.65. The molecule has 0 saturated carbocycles.